The summed E-state index contributed by atoms with van der Waals surface area (Å²) in [6, 6.07) is 9.43. The van der Waals surface area contributed by atoms with Crippen molar-refractivity contribution in [1.29, 1.82) is 0 Å². The van der Waals surface area contributed by atoms with Gasteiger partial charge in [-0.3, -0.25) is 0 Å². The molecule has 0 bridgehead atoms. The van der Waals surface area contributed by atoms with Gasteiger partial charge in [0.2, 0.25) is 0 Å². The predicted octanol–water partition coefficient (Wildman–Crippen LogP) is 3.58. The van der Waals surface area contributed by atoms with Gasteiger partial charge in [0.15, 0.2) is 0 Å². The molecule has 1 aromatic heterocycles. The third kappa shape index (κ3) is 2.94. The molecule has 2 aromatic rings. The second-order valence-electron chi connectivity index (χ2n) is 5.56. The van der Waals surface area contributed by atoms with Crippen LogP contribution >= 0.6 is 0 Å². The first-order chi connectivity index (χ1) is 8.58. The molecule has 1 unspecified atom stereocenters. The second kappa shape index (κ2) is 5.57. The smallest absolute Gasteiger partial charge is 0.0480 e. The van der Waals surface area contributed by atoms with Crippen LogP contribution in [0.5, 0.6) is 0 Å². The Morgan fingerprint density at radius 1 is 1.17 bits per heavy atom. The van der Waals surface area contributed by atoms with E-state index < -0.39 is 0 Å². The maximum Gasteiger partial charge on any atom is 0.0480 e. The van der Waals surface area contributed by atoms with E-state index >= 15 is 0 Å². The predicted molar refractivity (Wildman–Crippen MR) is 79.0 cm³/mol. The number of hydrogen-bond donors (Lipinski definition) is 1. The van der Waals surface area contributed by atoms with E-state index in [1.807, 2.05) is 0 Å². The molecule has 0 amide bonds. The van der Waals surface area contributed by atoms with Crippen LogP contribution in [0.1, 0.15) is 26.3 Å². The maximum absolute atomic E-state index is 3.58. The Kier molecular flexibility index (Phi) is 4.07. The van der Waals surface area contributed by atoms with Crippen LogP contribution in [0.2, 0.25) is 0 Å². The molecule has 1 atom stereocenters. The Morgan fingerprint density at radius 2 is 1.94 bits per heavy atom. The first kappa shape index (κ1) is 13.2. The van der Waals surface area contributed by atoms with Gasteiger partial charge in [-0.1, -0.05) is 25.5 Å². The summed E-state index contributed by atoms with van der Waals surface area (Å²) in [4.78, 5) is 0. The average molecular weight is 244 g/mol. The monoisotopic (exact) mass is 244 g/mol. The van der Waals surface area contributed by atoms with Crippen molar-refractivity contribution in [3.63, 3.8) is 0 Å². The van der Waals surface area contributed by atoms with Crippen LogP contribution in [-0.2, 0) is 6.54 Å². The van der Waals surface area contributed by atoms with Crippen LogP contribution < -0.4 is 5.32 Å². The van der Waals surface area contributed by atoms with E-state index in [0.717, 1.165) is 13.1 Å². The lowest BCUT2D eigenvalue weighted by atomic mass is 10.1. The molecular formula is C16H24N2. The summed E-state index contributed by atoms with van der Waals surface area (Å²) in [5, 5.41) is 4.92. The molecule has 0 aliphatic carbocycles. The van der Waals surface area contributed by atoms with Gasteiger partial charge in [-0.15, -0.1) is 0 Å². The normalized spacial score (nSPS) is 13.4. The summed E-state index contributed by atoms with van der Waals surface area (Å²) in [6.45, 7) is 11.0. The summed E-state index contributed by atoms with van der Waals surface area (Å²) in [5.74, 6) is 0.689. The van der Waals surface area contributed by atoms with Crippen LogP contribution in [0, 0.1) is 12.8 Å². The van der Waals surface area contributed by atoms with Gasteiger partial charge in [0.1, 0.15) is 0 Å². The van der Waals surface area contributed by atoms with Crippen molar-refractivity contribution in [3.8, 4) is 0 Å². The molecule has 1 heterocycles. The zero-order valence-electron chi connectivity index (χ0n) is 11.9. The van der Waals surface area contributed by atoms with E-state index in [2.05, 4.69) is 68.0 Å². The van der Waals surface area contributed by atoms with Gasteiger partial charge < -0.3 is 9.88 Å². The Labute approximate surface area is 110 Å². The first-order valence-corrected chi connectivity index (χ1v) is 6.87. The van der Waals surface area contributed by atoms with E-state index in [1.54, 1.807) is 0 Å². The van der Waals surface area contributed by atoms with Crippen molar-refractivity contribution in [2.24, 2.45) is 5.92 Å². The Hall–Kier alpha value is -1.28. The zero-order chi connectivity index (χ0) is 13.1. The number of hydrogen-bond acceptors (Lipinski definition) is 1. The van der Waals surface area contributed by atoms with E-state index in [0.29, 0.717) is 12.0 Å². The van der Waals surface area contributed by atoms with Crippen LogP contribution in [0.4, 0.5) is 0 Å². The molecule has 0 aliphatic heterocycles. The number of aromatic nitrogens is 1. The zero-order valence-corrected chi connectivity index (χ0v) is 11.9. The Morgan fingerprint density at radius 3 is 2.67 bits per heavy atom. The molecule has 98 valence electrons. The molecule has 18 heavy (non-hydrogen) atoms. The molecule has 0 saturated heterocycles. The molecule has 0 fully saturated rings. The maximum atomic E-state index is 3.58. The number of nitrogens with one attached hydrogen (secondary N) is 1. The highest BCUT2D eigenvalue weighted by molar-refractivity contribution is 5.80. The number of benzene rings is 1. The number of nitrogens with zero attached hydrogens (tertiary/aromatic N) is 1. The molecule has 0 spiro atoms. The largest absolute Gasteiger partial charge is 0.346 e. The first-order valence-electron chi connectivity index (χ1n) is 6.87. The van der Waals surface area contributed by atoms with Gasteiger partial charge in [0.05, 0.1) is 0 Å². The van der Waals surface area contributed by atoms with Gasteiger partial charge in [-0.05, 0) is 43.4 Å². The highest BCUT2D eigenvalue weighted by Crippen LogP contribution is 2.17. The third-order valence-corrected chi connectivity index (χ3v) is 3.75. The molecular weight excluding hydrogens is 220 g/mol. The van der Waals surface area contributed by atoms with Crippen molar-refractivity contribution >= 4 is 10.9 Å². The summed E-state index contributed by atoms with van der Waals surface area (Å²) >= 11 is 0. The van der Waals surface area contributed by atoms with Crippen molar-refractivity contribution in [3.05, 3.63) is 36.0 Å². The van der Waals surface area contributed by atoms with Crippen LogP contribution in [0.25, 0.3) is 10.9 Å². The van der Waals surface area contributed by atoms with Crippen molar-refractivity contribution in [2.45, 2.75) is 40.3 Å². The fourth-order valence-electron chi connectivity index (χ4n) is 2.16. The van der Waals surface area contributed by atoms with Gasteiger partial charge in [-0.2, -0.15) is 0 Å². The summed E-state index contributed by atoms with van der Waals surface area (Å²) < 4.78 is 2.33. The fourth-order valence-corrected chi connectivity index (χ4v) is 2.16. The second-order valence-corrected chi connectivity index (χ2v) is 5.56. The minimum Gasteiger partial charge on any atom is -0.346 e. The summed E-state index contributed by atoms with van der Waals surface area (Å²) in [6.07, 6.45) is 2.19. The molecule has 2 rings (SSSR count). The Balaban J connectivity index is 2.00. The molecule has 0 saturated carbocycles. The van der Waals surface area contributed by atoms with Crippen LogP contribution in [0.3, 0.4) is 0 Å². The molecule has 2 heteroatoms. The highest BCUT2D eigenvalue weighted by Gasteiger charge is 2.06. The summed E-state index contributed by atoms with van der Waals surface area (Å²) in [5.41, 5.74) is 2.66. The average Bonchev–Trinajstić information content (AvgIpc) is 2.71. The van der Waals surface area contributed by atoms with Gasteiger partial charge in [0, 0.05) is 30.8 Å². The standard InChI is InChI=1S/C16H24N2/c1-12(2)14(4)17-8-10-18-9-7-15-11-13(3)5-6-16(15)18/h5-7,9,11-12,14,17H,8,10H2,1-4H3. The van der Waals surface area contributed by atoms with Gasteiger partial charge in [0.25, 0.3) is 0 Å². The van der Waals surface area contributed by atoms with Crippen molar-refractivity contribution < 1.29 is 0 Å². The summed E-state index contributed by atoms with van der Waals surface area (Å²) in [7, 11) is 0. The molecule has 1 N–H and O–H groups in total. The SMILES string of the molecule is Cc1ccc2c(ccn2CCNC(C)C(C)C)c1. The minimum absolute atomic E-state index is 0.578. The van der Waals surface area contributed by atoms with Crippen LogP contribution in [0.15, 0.2) is 30.5 Å². The van der Waals surface area contributed by atoms with Crippen molar-refractivity contribution in [2.75, 3.05) is 6.54 Å². The molecule has 0 aliphatic rings. The number of rotatable bonds is 5. The number of fused-ring (bicyclic) bond motifs is 1. The fraction of sp³-hybridized carbons (Fsp3) is 0.500. The lowest BCUT2D eigenvalue weighted by Gasteiger charge is -2.17. The van der Waals surface area contributed by atoms with Crippen LogP contribution in [-0.4, -0.2) is 17.2 Å². The lowest BCUT2D eigenvalue weighted by Crippen LogP contribution is -2.33. The molecule has 2 nitrogen and oxygen atoms in total. The van der Waals surface area contributed by atoms with E-state index in [1.165, 1.54) is 16.5 Å². The quantitative estimate of drug-likeness (QED) is 0.850. The van der Waals surface area contributed by atoms with Gasteiger partial charge >= 0.3 is 0 Å². The van der Waals surface area contributed by atoms with E-state index in [4.69, 9.17) is 0 Å². The highest BCUT2D eigenvalue weighted by atomic mass is 15.0. The molecule has 1 aromatic carbocycles. The Bertz CT molecular complexity index is 511. The number of aryl methyl sites for hydroxylation is 1. The topological polar surface area (TPSA) is 17.0 Å². The van der Waals surface area contributed by atoms with E-state index in [-0.39, 0.29) is 0 Å². The van der Waals surface area contributed by atoms with E-state index in [9.17, 15) is 0 Å². The third-order valence-electron chi connectivity index (χ3n) is 3.75. The van der Waals surface area contributed by atoms with Crippen molar-refractivity contribution in [1.82, 2.24) is 9.88 Å². The molecule has 0 radical (unpaired) electrons. The van der Waals surface area contributed by atoms with Gasteiger partial charge in [-0.25, -0.2) is 0 Å². The lowest BCUT2D eigenvalue weighted by molar-refractivity contribution is 0.418. The minimum atomic E-state index is 0.578.